The average Bonchev–Trinajstić information content (AvgIpc) is 2.60. The van der Waals surface area contributed by atoms with E-state index in [4.69, 9.17) is 10.5 Å². The standard InChI is InChI=1S/C11H19NO/c1-8(2)5-6-11(12)7-9-3-4-10(11)13-9/h5,9-10H,3-4,6-7,12H2,1-2H3. The van der Waals surface area contributed by atoms with Crippen LogP contribution in [0.1, 0.15) is 39.5 Å². The highest BCUT2D eigenvalue weighted by Gasteiger charge is 2.49. The third-order valence-electron chi connectivity index (χ3n) is 3.25. The highest BCUT2D eigenvalue weighted by molar-refractivity contribution is 5.10. The molecule has 2 heteroatoms. The summed E-state index contributed by atoms with van der Waals surface area (Å²) in [6, 6.07) is 0. The van der Waals surface area contributed by atoms with E-state index in [1.165, 1.54) is 12.0 Å². The van der Waals surface area contributed by atoms with Crippen LogP contribution in [0, 0.1) is 0 Å². The maximum absolute atomic E-state index is 6.32. The topological polar surface area (TPSA) is 35.2 Å². The fourth-order valence-corrected chi connectivity index (χ4v) is 2.44. The summed E-state index contributed by atoms with van der Waals surface area (Å²) in [7, 11) is 0. The lowest BCUT2D eigenvalue weighted by Gasteiger charge is -2.30. The highest BCUT2D eigenvalue weighted by atomic mass is 16.5. The van der Waals surface area contributed by atoms with E-state index in [0.717, 1.165) is 19.3 Å². The summed E-state index contributed by atoms with van der Waals surface area (Å²) in [5.41, 5.74) is 7.62. The Hall–Kier alpha value is -0.340. The molecule has 0 spiro atoms. The van der Waals surface area contributed by atoms with Crippen molar-refractivity contribution in [3.63, 3.8) is 0 Å². The normalized spacial score (nSPS) is 42.4. The number of fused-ring (bicyclic) bond motifs is 2. The van der Waals surface area contributed by atoms with Crippen molar-refractivity contribution in [1.82, 2.24) is 0 Å². The maximum Gasteiger partial charge on any atom is 0.0763 e. The largest absolute Gasteiger partial charge is 0.373 e. The first-order valence-electron chi connectivity index (χ1n) is 5.18. The second-order valence-electron chi connectivity index (χ2n) is 4.75. The highest BCUT2D eigenvalue weighted by Crippen LogP contribution is 2.42. The summed E-state index contributed by atoms with van der Waals surface area (Å²) in [6.45, 7) is 4.24. The molecular weight excluding hydrogens is 162 g/mol. The van der Waals surface area contributed by atoms with Crippen molar-refractivity contribution in [3.05, 3.63) is 11.6 Å². The van der Waals surface area contributed by atoms with Gasteiger partial charge in [0.05, 0.1) is 12.2 Å². The van der Waals surface area contributed by atoms with Crippen molar-refractivity contribution in [1.29, 1.82) is 0 Å². The van der Waals surface area contributed by atoms with E-state index in [-0.39, 0.29) is 5.54 Å². The van der Waals surface area contributed by atoms with Crippen LogP contribution in [0.4, 0.5) is 0 Å². The minimum atomic E-state index is -0.0554. The fraction of sp³-hybridized carbons (Fsp3) is 0.818. The molecule has 0 amide bonds. The van der Waals surface area contributed by atoms with Gasteiger partial charge in [0.2, 0.25) is 0 Å². The summed E-state index contributed by atoms with van der Waals surface area (Å²) < 4.78 is 5.77. The van der Waals surface area contributed by atoms with Gasteiger partial charge >= 0.3 is 0 Å². The third kappa shape index (κ3) is 1.65. The van der Waals surface area contributed by atoms with E-state index in [1.54, 1.807) is 0 Å². The van der Waals surface area contributed by atoms with Gasteiger partial charge in [-0.25, -0.2) is 0 Å². The van der Waals surface area contributed by atoms with Crippen LogP contribution in [0.2, 0.25) is 0 Å². The van der Waals surface area contributed by atoms with Gasteiger partial charge in [-0.05, 0) is 39.5 Å². The maximum atomic E-state index is 6.32. The van der Waals surface area contributed by atoms with Crippen LogP contribution in [0.25, 0.3) is 0 Å². The third-order valence-corrected chi connectivity index (χ3v) is 3.25. The molecule has 0 aliphatic carbocycles. The average molecular weight is 181 g/mol. The lowest BCUT2D eigenvalue weighted by Crippen LogP contribution is -2.48. The second-order valence-corrected chi connectivity index (χ2v) is 4.75. The monoisotopic (exact) mass is 181 g/mol. The Morgan fingerprint density at radius 1 is 1.54 bits per heavy atom. The molecule has 2 aliphatic rings. The lowest BCUT2D eigenvalue weighted by molar-refractivity contribution is 0.0861. The number of ether oxygens (including phenoxy) is 1. The quantitative estimate of drug-likeness (QED) is 0.661. The molecule has 2 heterocycles. The Morgan fingerprint density at radius 2 is 2.31 bits per heavy atom. The van der Waals surface area contributed by atoms with Gasteiger partial charge in [0.1, 0.15) is 0 Å². The summed E-state index contributed by atoms with van der Waals surface area (Å²) in [5.74, 6) is 0. The first-order chi connectivity index (χ1) is 6.10. The first kappa shape index (κ1) is 9.22. The van der Waals surface area contributed by atoms with Crippen molar-refractivity contribution in [2.75, 3.05) is 0 Å². The lowest BCUT2D eigenvalue weighted by atomic mass is 9.80. The number of allylic oxidation sites excluding steroid dienone is 1. The van der Waals surface area contributed by atoms with Crippen LogP contribution >= 0.6 is 0 Å². The molecule has 3 atom stereocenters. The molecule has 2 saturated heterocycles. The van der Waals surface area contributed by atoms with Gasteiger partial charge in [-0.1, -0.05) is 11.6 Å². The Balaban J connectivity index is 2.01. The first-order valence-corrected chi connectivity index (χ1v) is 5.18. The van der Waals surface area contributed by atoms with E-state index in [1.807, 2.05) is 0 Å². The minimum Gasteiger partial charge on any atom is -0.373 e. The number of hydrogen-bond donors (Lipinski definition) is 1. The molecule has 0 saturated carbocycles. The van der Waals surface area contributed by atoms with Crippen LogP contribution in [0.5, 0.6) is 0 Å². The molecule has 2 aliphatic heterocycles. The Kier molecular flexibility index (Phi) is 2.20. The molecule has 13 heavy (non-hydrogen) atoms. The van der Waals surface area contributed by atoms with Gasteiger partial charge < -0.3 is 10.5 Å². The molecule has 2 nitrogen and oxygen atoms in total. The predicted molar refractivity (Wildman–Crippen MR) is 53.5 cm³/mol. The fourth-order valence-electron chi connectivity index (χ4n) is 2.44. The van der Waals surface area contributed by atoms with Crippen LogP contribution in [0.15, 0.2) is 11.6 Å². The molecule has 0 radical (unpaired) electrons. The molecule has 0 aromatic carbocycles. The van der Waals surface area contributed by atoms with Gasteiger partial charge in [-0.15, -0.1) is 0 Å². The molecular formula is C11H19NO. The molecule has 74 valence electrons. The summed E-state index contributed by atoms with van der Waals surface area (Å²) in [5, 5.41) is 0. The molecule has 2 bridgehead atoms. The zero-order valence-electron chi connectivity index (χ0n) is 8.55. The van der Waals surface area contributed by atoms with E-state index < -0.39 is 0 Å². The van der Waals surface area contributed by atoms with Crippen molar-refractivity contribution in [2.24, 2.45) is 5.73 Å². The van der Waals surface area contributed by atoms with Crippen molar-refractivity contribution < 1.29 is 4.74 Å². The number of rotatable bonds is 2. The van der Waals surface area contributed by atoms with Crippen molar-refractivity contribution in [2.45, 2.75) is 57.3 Å². The molecule has 0 aromatic rings. The Morgan fingerprint density at radius 3 is 2.77 bits per heavy atom. The van der Waals surface area contributed by atoms with Crippen LogP contribution < -0.4 is 5.73 Å². The van der Waals surface area contributed by atoms with Crippen molar-refractivity contribution in [3.8, 4) is 0 Å². The summed E-state index contributed by atoms with van der Waals surface area (Å²) in [4.78, 5) is 0. The smallest absolute Gasteiger partial charge is 0.0763 e. The molecule has 0 aromatic heterocycles. The van der Waals surface area contributed by atoms with Crippen LogP contribution in [-0.4, -0.2) is 17.7 Å². The molecule has 2 rings (SSSR count). The number of nitrogens with two attached hydrogens (primary N) is 1. The number of hydrogen-bond acceptors (Lipinski definition) is 2. The summed E-state index contributed by atoms with van der Waals surface area (Å²) >= 11 is 0. The van der Waals surface area contributed by atoms with Crippen LogP contribution in [-0.2, 0) is 4.74 Å². The van der Waals surface area contributed by atoms with E-state index in [0.29, 0.717) is 12.2 Å². The Labute approximate surface area is 80.1 Å². The zero-order chi connectivity index (χ0) is 9.47. The van der Waals surface area contributed by atoms with Crippen LogP contribution in [0.3, 0.4) is 0 Å². The molecule has 3 unspecified atom stereocenters. The molecule has 2 N–H and O–H groups in total. The molecule has 2 fully saturated rings. The Bertz CT molecular complexity index is 232. The van der Waals surface area contributed by atoms with Gasteiger partial charge in [0.15, 0.2) is 0 Å². The predicted octanol–water partition coefficient (Wildman–Crippen LogP) is 1.99. The minimum absolute atomic E-state index is 0.0554. The van der Waals surface area contributed by atoms with E-state index in [9.17, 15) is 0 Å². The van der Waals surface area contributed by atoms with E-state index >= 15 is 0 Å². The van der Waals surface area contributed by atoms with Gasteiger partial charge in [-0.3, -0.25) is 0 Å². The summed E-state index contributed by atoms with van der Waals surface area (Å²) in [6.07, 6.45) is 7.45. The van der Waals surface area contributed by atoms with Crippen molar-refractivity contribution >= 4 is 0 Å². The van der Waals surface area contributed by atoms with Gasteiger partial charge in [0.25, 0.3) is 0 Å². The van der Waals surface area contributed by atoms with Gasteiger partial charge in [0, 0.05) is 5.54 Å². The second kappa shape index (κ2) is 3.10. The SMILES string of the molecule is CC(C)=CCC1(N)CC2CCC1O2. The van der Waals surface area contributed by atoms with Gasteiger partial charge in [-0.2, -0.15) is 0 Å². The zero-order valence-corrected chi connectivity index (χ0v) is 8.55. The van der Waals surface area contributed by atoms with E-state index in [2.05, 4.69) is 19.9 Å².